The quantitative estimate of drug-likeness (QED) is 0.467. The molecule has 0 unspecified atom stereocenters. The molecule has 8 nitrogen and oxygen atoms in total. The first-order valence-corrected chi connectivity index (χ1v) is 14.2. The van der Waals surface area contributed by atoms with Crippen molar-refractivity contribution in [2.75, 3.05) is 38.5 Å². The molecule has 1 saturated heterocycles. The summed E-state index contributed by atoms with van der Waals surface area (Å²) in [6.45, 7) is 6.57. The third kappa shape index (κ3) is 5.83. The van der Waals surface area contributed by atoms with E-state index in [2.05, 4.69) is 9.88 Å². The van der Waals surface area contributed by atoms with E-state index in [1.165, 1.54) is 31.2 Å². The summed E-state index contributed by atoms with van der Waals surface area (Å²) < 4.78 is 68.0. The number of alkyl halides is 3. The Hall–Kier alpha value is -2.67. The number of benzene rings is 2. The molecule has 1 aliphatic rings. The van der Waals surface area contributed by atoms with Crippen molar-refractivity contribution in [3.63, 3.8) is 0 Å². The van der Waals surface area contributed by atoms with Gasteiger partial charge in [0.2, 0.25) is 0 Å². The number of rotatable bonds is 7. The van der Waals surface area contributed by atoms with E-state index in [1.54, 1.807) is 0 Å². The van der Waals surface area contributed by atoms with E-state index in [0.29, 0.717) is 17.7 Å². The molecule has 0 atom stereocenters. The largest absolute Gasteiger partial charge is 0.416 e. The molecular formula is C25H28ClF3N4O4S. The van der Waals surface area contributed by atoms with Gasteiger partial charge in [0.25, 0.3) is 5.56 Å². The Morgan fingerprint density at radius 3 is 2.21 bits per heavy atom. The average Bonchev–Trinajstić information content (AvgIpc) is 2.86. The number of halogens is 4. The average molecular weight is 573 g/mol. The van der Waals surface area contributed by atoms with Crippen LogP contribution in [0.5, 0.6) is 0 Å². The van der Waals surface area contributed by atoms with E-state index in [-0.39, 0.29) is 44.2 Å². The standard InChI is InChI=1S/C25H28ClF3N4O4S/c1-3-31-7-9-32(10-8-31)14-16-12-21-19(13-20(16)25(27,28)29)23(34)33(24(35)30-21)15-17-11-18(26)5-6-22(17)38(36,37)4-2/h5-6,11-13H,3-4,7-10,14-15H2,1-2H3,(H,30,35). The summed E-state index contributed by atoms with van der Waals surface area (Å²) in [5.41, 5.74) is -2.74. The number of hydrogen-bond acceptors (Lipinski definition) is 6. The van der Waals surface area contributed by atoms with Crippen molar-refractivity contribution in [2.45, 2.75) is 38.0 Å². The topological polar surface area (TPSA) is 95.5 Å². The second-order valence-corrected chi connectivity index (χ2v) is 11.9. The number of likely N-dealkylation sites (N-methyl/N-ethyl adjacent to an activating group) is 1. The highest BCUT2D eigenvalue weighted by atomic mass is 35.5. The van der Waals surface area contributed by atoms with Gasteiger partial charge in [-0.2, -0.15) is 13.2 Å². The number of fused-ring (bicyclic) bond motifs is 1. The molecule has 13 heteroatoms. The van der Waals surface area contributed by atoms with Gasteiger partial charge < -0.3 is 9.88 Å². The van der Waals surface area contributed by atoms with Gasteiger partial charge in [0.05, 0.1) is 33.7 Å². The first-order valence-electron chi connectivity index (χ1n) is 12.2. The van der Waals surface area contributed by atoms with Crippen molar-refractivity contribution in [2.24, 2.45) is 0 Å². The number of hydrogen-bond donors (Lipinski definition) is 1. The number of nitrogens with one attached hydrogen (secondary N) is 1. The summed E-state index contributed by atoms with van der Waals surface area (Å²) in [6, 6.07) is 5.96. The van der Waals surface area contributed by atoms with E-state index in [9.17, 15) is 31.2 Å². The maximum atomic E-state index is 14.1. The number of nitrogens with zero attached hydrogens (tertiary/aromatic N) is 3. The molecule has 38 heavy (non-hydrogen) atoms. The van der Waals surface area contributed by atoms with Crippen LogP contribution in [0.3, 0.4) is 0 Å². The monoisotopic (exact) mass is 572 g/mol. The molecular weight excluding hydrogens is 545 g/mol. The number of H-pyrrole nitrogens is 1. The van der Waals surface area contributed by atoms with Crippen molar-refractivity contribution >= 4 is 32.3 Å². The van der Waals surface area contributed by atoms with Gasteiger partial charge >= 0.3 is 11.9 Å². The zero-order valence-electron chi connectivity index (χ0n) is 20.9. The lowest BCUT2D eigenvalue weighted by atomic mass is 10.0. The van der Waals surface area contributed by atoms with E-state index in [1.807, 2.05) is 11.8 Å². The minimum absolute atomic E-state index is 0.0149. The fourth-order valence-corrected chi connectivity index (χ4v) is 5.99. The molecule has 0 spiro atoms. The molecule has 1 fully saturated rings. The first kappa shape index (κ1) is 28.3. The number of aromatic amines is 1. The summed E-state index contributed by atoms with van der Waals surface area (Å²) >= 11 is 6.04. The van der Waals surface area contributed by atoms with E-state index >= 15 is 0 Å². The van der Waals surface area contributed by atoms with Crippen LogP contribution < -0.4 is 11.2 Å². The molecule has 1 N–H and O–H groups in total. The maximum Gasteiger partial charge on any atom is 0.416 e. The van der Waals surface area contributed by atoms with Gasteiger partial charge in [0.15, 0.2) is 9.84 Å². The Bertz CT molecular complexity index is 1580. The lowest BCUT2D eigenvalue weighted by molar-refractivity contribution is -0.138. The molecule has 0 amide bonds. The normalized spacial score (nSPS) is 15.8. The van der Waals surface area contributed by atoms with Crippen molar-refractivity contribution in [1.82, 2.24) is 19.4 Å². The van der Waals surface area contributed by atoms with Crippen LogP contribution in [0.1, 0.15) is 30.5 Å². The third-order valence-electron chi connectivity index (χ3n) is 6.88. The molecule has 1 aromatic heterocycles. The van der Waals surface area contributed by atoms with Crippen LogP contribution in [0.2, 0.25) is 5.02 Å². The highest BCUT2D eigenvalue weighted by Crippen LogP contribution is 2.34. The number of piperazine rings is 1. The number of aromatic nitrogens is 2. The lowest BCUT2D eigenvalue weighted by Crippen LogP contribution is -2.45. The minimum atomic E-state index is -4.72. The van der Waals surface area contributed by atoms with Gasteiger partial charge in [-0.1, -0.05) is 25.4 Å². The Labute approximate surface area is 222 Å². The van der Waals surface area contributed by atoms with Gasteiger partial charge in [-0.15, -0.1) is 0 Å². The Morgan fingerprint density at radius 1 is 0.947 bits per heavy atom. The predicted octanol–water partition coefficient (Wildman–Crippen LogP) is 3.34. The summed E-state index contributed by atoms with van der Waals surface area (Å²) in [6.07, 6.45) is -4.72. The summed E-state index contributed by atoms with van der Waals surface area (Å²) in [5.74, 6) is -0.226. The van der Waals surface area contributed by atoms with Gasteiger partial charge in [0, 0.05) is 37.7 Å². The van der Waals surface area contributed by atoms with Crippen LogP contribution in [0.4, 0.5) is 13.2 Å². The van der Waals surface area contributed by atoms with Crippen LogP contribution in [-0.2, 0) is 29.1 Å². The van der Waals surface area contributed by atoms with Crippen molar-refractivity contribution in [1.29, 1.82) is 0 Å². The van der Waals surface area contributed by atoms with Gasteiger partial charge in [-0.3, -0.25) is 14.3 Å². The van der Waals surface area contributed by atoms with Gasteiger partial charge in [-0.05, 0) is 48.0 Å². The van der Waals surface area contributed by atoms with Crippen LogP contribution in [-0.4, -0.2) is 66.2 Å². The van der Waals surface area contributed by atoms with Crippen molar-refractivity contribution in [3.8, 4) is 0 Å². The van der Waals surface area contributed by atoms with Crippen LogP contribution in [0.15, 0.2) is 44.8 Å². The van der Waals surface area contributed by atoms with E-state index in [0.717, 1.165) is 25.7 Å². The van der Waals surface area contributed by atoms with Crippen LogP contribution in [0, 0.1) is 0 Å². The SMILES string of the molecule is CCN1CCN(Cc2cc3[nH]c(=O)n(Cc4cc(Cl)ccc4S(=O)(=O)CC)c(=O)c3cc2C(F)(F)F)CC1. The third-order valence-corrected chi connectivity index (χ3v) is 8.95. The lowest BCUT2D eigenvalue weighted by Gasteiger charge is -2.34. The fraction of sp³-hybridized carbons (Fsp3) is 0.440. The molecule has 0 radical (unpaired) electrons. The summed E-state index contributed by atoms with van der Waals surface area (Å²) in [5, 5.41) is -0.137. The zero-order valence-corrected chi connectivity index (χ0v) is 22.5. The summed E-state index contributed by atoms with van der Waals surface area (Å²) in [4.78, 5) is 32.7. The number of sulfone groups is 1. The zero-order chi connectivity index (χ0) is 27.8. The first-order chi connectivity index (χ1) is 17.8. The second-order valence-electron chi connectivity index (χ2n) is 9.24. The molecule has 206 valence electrons. The van der Waals surface area contributed by atoms with Gasteiger partial charge in [-0.25, -0.2) is 13.2 Å². The van der Waals surface area contributed by atoms with Crippen molar-refractivity contribution < 1.29 is 21.6 Å². The van der Waals surface area contributed by atoms with Crippen molar-refractivity contribution in [3.05, 3.63) is 72.9 Å². The smallest absolute Gasteiger partial charge is 0.307 e. The Morgan fingerprint density at radius 2 is 1.61 bits per heavy atom. The van der Waals surface area contributed by atoms with E-state index in [4.69, 9.17) is 11.6 Å². The molecule has 1 aliphatic heterocycles. The van der Waals surface area contributed by atoms with Crippen LogP contribution in [0.25, 0.3) is 10.9 Å². The van der Waals surface area contributed by atoms with Gasteiger partial charge in [0.1, 0.15) is 0 Å². The minimum Gasteiger partial charge on any atom is -0.307 e. The van der Waals surface area contributed by atoms with Crippen LogP contribution >= 0.6 is 11.6 Å². The van der Waals surface area contributed by atoms with E-state index < -0.39 is 39.4 Å². The Balaban J connectivity index is 1.80. The molecule has 0 bridgehead atoms. The highest BCUT2D eigenvalue weighted by Gasteiger charge is 2.35. The molecule has 2 heterocycles. The molecule has 0 aliphatic carbocycles. The Kier molecular flexibility index (Phi) is 8.08. The predicted molar refractivity (Wildman–Crippen MR) is 140 cm³/mol. The summed E-state index contributed by atoms with van der Waals surface area (Å²) in [7, 11) is -3.73. The molecule has 0 saturated carbocycles. The fourth-order valence-electron chi connectivity index (χ4n) is 4.69. The molecule has 2 aromatic carbocycles. The molecule has 4 rings (SSSR count). The maximum absolute atomic E-state index is 14.1. The highest BCUT2D eigenvalue weighted by molar-refractivity contribution is 7.91. The molecule has 3 aromatic rings. The second kappa shape index (κ2) is 10.8.